The molecule has 2 aromatic rings. The molecular weight excluding hydrogens is 314 g/mol. The highest BCUT2D eigenvalue weighted by molar-refractivity contribution is 5.97. The molecule has 5 heteroatoms. The molecule has 0 aliphatic carbocycles. The molecule has 0 spiro atoms. The van der Waals surface area contributed by atoms with Crippen LogP contribution in [0.3, 0.4) is 0 Å². The number of carbonyl (C=O) groups excluding carboxylic acids is 1. The Balaban J connectivity index is 1.69. The zero-order chi connectivity index (χ0) is 17.6. The van der Waals surface area contributed by atoms with Gasteiger partial charge in [0.1, 0.15) is 5.75 Å². The summed E-state index contributed by atoms with van der Waals surface area (Å²) in [4.78, 5) is 21.2. The Morgan fingerprint density at radius 1 is 1.28 bits per heavy atom. The molecule has 0 unspecified atom stereocenters. The summed E-state index contributed by atoms with van der Waals surface area (Å²) in [5.41, 5.74) is 2.01. The van der Waals surface area contributed by atoms with Crippen LogP contribution in [0.4, 0.5) is 11.5 Å². The van der Waals surface area contributed by atoms with E-state index in [4.69, 9.17) is 4.74 Å². The highest BCUT2D eigenvalue weighted by Crippen LogP contribution is 2.31. The Hall–Kier alpha value is -2.82. The highest BCUT2D eigenvalue weighted by atomic mass is 16.5. The summed E-state index contributed by atoms with van der Waals surface area (Å²) >= 11 is 0. The van der Waals surface area contributed by atoms with Gasteiger partial charge >= 0.3 is 0 Å². The first-order chi connectivity index (χ1) is 12.2. The van der Waals surface area contributed by atoms with Crippen LogP contribution < -0.4 is 14.5 Å². The van der Waals surface area contributed by atoms with Gasteiger partial charge < -0.3 is 14.5 Å². The summed E-state index contributed by atoms with van der Waals surface area (Å²) < 4.78 is 5.17. The average Bonchev–Trinajstić information content (AvgIpc) is 2.67. The van der Waals surface area contributed by atoms with Crippen molar-refractivity contribution in [2.75, 3.05) is 36.5 Å². The number of pyridine rings is 1. The van der Waals surface area contributed by atoms with Crippen LogP contribution in [0.15, 0.2) is 55.3 Å². The number of aryl methyl sites for hydroxylation is 1. The topological polar surface area (TPSA) is 45.7 Å². The molecule has 25 heavy (non-hydrogen) atoms. The quantitative estimate of drug-likeness (QED) is 0.760. The van der Waals surface area contributed by atoms with Crippen LogP contribution in [0, 0.1) is 0 Å². The molecule has 0 N–H and O–H groups in total. The van der Waals surface area contributed by atoms with Gasteiger partial charge in [-0.1, -0.05) is 18.2 Å². The van der Waals surface area contributed by atoms with Crippen molar-refractivity contribution in [2.45, 2.75) is 12.8 Å². The molecule has 0 saturated heterocycles. The van der Waals surface area contributed by atoms with E-state index in [-0.39, 0.29) is 5.91 Å². The Kier molecular flexibility index (Phi) is 5.33. The Bertz CT molecular complexity index is 743. The van der Waals surface area contributed by atoms with E-state index in [1.807, 2.05) is 47.4 Å². The van der Waals surface area contributed by atoms with Crippen LogP contribution in [0.25, 0.3) is 0 Å². The number of ether oxygens (including phenoxy) is 1. The summed E-state index contributed by atoms with van der Waals surface area (Å²) in [5.74, 6) is 1.81. The standard InChI is InChI=1S/C20H23N3O2/c1-3-13-22-14-15-23(18-5-4-12-21-20(18)22)19(24)11-8-16-6-9-17(25-2)10-7-16/h3-7,9-10,12H,1,8,11,13-15H2,2H3. The van der Waals surface area contributed by atoms with Gasteiger partial charge in [-0.2, -0.15) is 0 Å². The maximum atomic E-state index is 12.8. The monoisotopic (exact) mass is 337 g/mol. The molecule has 1 aromatic heterocycles. The van der Waals surface area contributed by atoms with Crippen LogP contribution in [0.5, 0.6) is 5.75 Å². The number of anilines is 2. The third-order valence-electron chi connectivity index (χ3n) is 4.39. The van der Waals surface area contributed by atoms with Crippen LogP contribution in [0.2, 0.25) is 0 Å². The van der Waals surface area contributed by atoms with Crippen molar-refractivity contribution >= 4 is 17.4 Å². The number of hydrogen-bond donors (Lipinski definition) is 0. The Labute approximate surface area is 148 Å². The number of methoxy groups -OCH3 is 1. The van der Waals surface area contributed by atoms with Gasteiger partial charge in [-0.15, -0.1) is 6.58 Å². The Morgan fingerprint density at radius 2 is 2.08 bits per heavy atom. The number of aromatic nitrogens is 1. The predicted molar refractivity (Wildman–Crippen MR) is 100 cm³/mol. The first-order valence-electron chi connectivity index (χ1n) is 8.47. The summed E-state index contributed by atoms with van der Waals surface area (Å²) in [5, 5.41) is 0. The average molecular weight is 337 g/mol. The van der Waals surface area contributed by atoms with Crippen molar-refractivity contribution in [1.29, 1.82) is 0 Å². The lowest BCUT2D eigenvalue weighted by Crippen LogP contribution is -2.44. The second-order valence-electron chi connectivity index (χ2n) is 5.97. The highest BCUT2D eigenvalue weighted by Gasteiger charge is 2.26. The van der Waals surface area contributed by atoms with Gasteiger partial charge in [-0.3, -0.25) is 4.79 Å². The van der Waals surface area contributed by atoms with Gasteiger partial charge in [0, 0.05) is 32.3 Å². The number of carbonyl (C=O) groups is 1. The lowest BCUT2D eigenvalue weighted by atomic mass is 10.1. The molecular formula is C20H23N3O2. The molecule has 5 nitrogen and oxygen atoms in total. The number of amides is 1. The fourth-order valence-corrected chi connectivity index (χ4v) is 3.06. The molecule has 0 fully saturated rings. The smallest absolute Gasteiger partial charge is 0.227 e. The SMILES string of the molecule is C=CCN1CCN(C(=O)CCc2ccc(OC)cc2)c2cccnc21. The molecule has 130 valence electrons. The number of hydrogen-bond acceptors (Lipinski definition) is 4. The van der Waals surface area contributed by atoms with Gasteiger partial charge in [0.2, 0.25) is 5.91 Å². The van der Waals surface area contributed by atoms with E-state index in [2.05, 4.69) is 16.5 Å². The number of fused-ring (bicyclic) bond motifs is 1. The molecule has 1 aliphatic heterocycles. The van der Waals surface area contributed by atoms with Crippen LogP contribution in [0.1, 0.15) is 12.0 Å². The van der Waals surface area contributed by atoms with E-state index >= 15 is 0 Å². The summed E-state index contributed by atoms with van der Waals surface area (Å²) in [6.45, 7) is 5.98. The lowest BCUT2D eigenvalue weighted by molar-refractivity contribution is -0.118. The number of rotatable bonds is 6. The normalized spacial score (nSPS) is 13.3. The molecule has 1 aliphatic rings. The maximum Gasteiger partial charge on any atom is 0.227 e. The van der Waals surface area contributed by atoms with Gasteiger partial charge in [0.15, 0.2) is 5.82 Å². The van der Waals surface area contributed by atoms with Crippen molar-refractivity contribution in [3.8, 4) is 5.75 Å². The van der Waals surface area contributed by atoms with E-state index in [0.717, 1.165) is 35.9 Å². The van der Waals surface area contributed by atoms with Crippen LogP contribution >= 0.6 is 0 Å². The summed E-state index contributed by atoms with van der Waals surface area (Å²) in [6, 6.07) is 11.7. The zero-order valence-corrected chi connectivity index (χ0v) is 14.5. The van der Waals surface area contributed by atoms with E-state index < -0.39 is 0 Å². The molecule has 1 amide bonds. The summed E-state index contributed by atoms with van der Waals surface area (Å²) in [7, 11) is 1.65. The van der Waals surface area contributed by atoms with Crippen molar-refractivity contribution in [2.24, 2.45) is 0 Å². The van der Waals surface area contributed by atoms with Gasteiger partial charge in [0.05, 0.1) is 12.8 Å². The van der Waals surface area contributed by atoms with Gasteiger partial charge in [-0.25, -0.2) is 4.98 Å². The molecule has 0 bridgehead atoms. The van der Waals surface area contributed by atoms with Crippen molar-refractivity contribution in [1.82, 2.24) is 4.98 Å². The molecule has 2 heterocycles. The van der Waals surface area contributed by atoms with Gasteiger partial charge in [-0.05, 0) is 36.2 Å². The second-order valence-corrected chi connectivity index (χ2v) is 5.97. The van der Waals surface area contributed by atoms with Crippen molar-refractivity contribution in [3.05, 3.63) is 60.8 Å². The van der Waals surface area contributed by atoms with Crippen LogP contribution in [-0.4, -0.2) is 37.6 Å². The zero-order valence-electron chi connectivity index (χ0n) is 14.5. The minimum absolute atomic E-state index is 0.128. The summed E-state index contributed by atoms with van der Waals surface area (Å²) in [6.07, 6.45) is 4.81. The third-order valence-corrected chi connectivity index (χ3v) is 4.39. The molecule has 0 radical (unpaired) electrons. The molecule has 1 aromatic carbocycles. The first kappa shape index (κ1) is 17.0. The molecule has 3 rings (SSSR count). The van der Waals surface area contributed by atoms with E-state index in [9.17, 15) is 4.79 Å². The number of benzene rings is 1. The molecule has 0 saturated carbocycles. The maximum absolute atomic E-state index is 12.8. The van der Waals surface area contributed by atoms with E-state index in [0.29, 0.717) is 19.4 Å². The fourth-order valence-electron chi connectivity index (χ4n) is 3.06. The van der Waals surface area contributed by atoms with Gasteiger partial charge in [0.25, 0.3) is 0 Å². The second kappa shape index (κ2) is 7.83. The lowest BCUT2D eigenvalue weighted by Gasteiger charge is -2.36. The van der Waals surface area contributed by atoms with Crippen LogP contribution in [-0.2, 0) is 11.2 Å². The third kappa shape index (κ3) is 3.82. The minimum atomic E-state index is 0.128. The first-order valence-corrected chi connectivity index (χ1v) is 8.47. The van der Waals surface area contributed by atoms with E-state index in [1.54, 1.807) is 13.3 Å². The van der Waals surface area contributed by atoms with Crippen molar-refractivity contribution in [3.63, 3.8) is 0 Å². The fraction of sp³-hybridized carbons (Fsp3) is 0.300. The number of nitrogens with zero attached hydrogens (tertiary/aromatic N) is 3. The Morgan fingerprint density at radius 3 is 2.80 bits per heavy atom. The van der Waals surface area contributed by atoms with Crippen molar-refractivity contribution < 1.29 is 9.53 Å². The predicted octanol–water partition coefficient (Wildman–Crippen LogP) is 3.06. The molecule has 0 atom stereocenters. The largest absolute Gasteiger partial charge is 0.497 e. The minimum Gasteiger partial charge on any atom is -0.497 e. The van der Waals surface area contributed by atoms with E-state index in [1.165, 1.54) is 0 Å².